The van der Waals surface area contributed by atoms with Gasteiger partial charge in [0.2, 0.25) is 5.91 Å². The summed E-state index contributed by atoms with van der Waals surface area (Å²) < 4.78 is 1.38. The SMILES string of the molecule is O=C(Cn1c(=O)[nH]c(=O)c2ccccc21)N1CC[C@@H]2CCCC[C@H]2C1. The van der Waals surface area contributed by atoms with Crippen LogP contribution in [-0.4, -0.2) is 33.4 Å². The summed E-state index contributed by atoms with van der Waals surface area (Å²) in [5, 5.41) is 0.431. The van der Waals surface area contributed by atoms with Crippen molar-refractivity contribution in [3.8, 4) is 0 Å². The van der Waals surface area contributed by atoms with Crippen LogP contribution < -0.4 is 11.2 Å². The van der Waals surface area contributed by atoms with Crippen LogP contribution in [0, 0.1) is 11.8 Å². The molecule has 1 aliphatic carbocycles. The summed E-state index contributed by atoms with van der Waals surface area (Å²) in [7, 11) is 0. The molecule has 6 heteroatoms. The van der Waals surface area contributed by atoms with Crippen LogP contribution in [0.25, 0.3) is 10.9 Å². The van der Waals surface area contributed by atoms with Crippen molar-refractivity contribution in [1.82, 2.24) is 14.5 Å². The van der Waals surface area contributed by atoms with Crippen molar-refractivity contribution in [1.29, 1.82) is 0 Å². The molecule has 0 radical (unpaired) electrons. The maximum Gasteiger partial charge on any atom is 0.329 e. The number of fused-ring (bicyclic) bond motifs is 2. The van der Waals surface area contributed by atoms with Crippen molar-refractivity contribution in [3.05, 3.63) is 45.1 Å². The van der Waals surface area contributed by atoms with Crippen LogP contribution in [0.15, 0.2) is 33.9 Å². The Balaban J connectivity index is 1.58. The first-order valence-electron chi connectivity index (χ1n) is 9.13. The Bertz CT molecular complexity index is 914. The molecule has 1 saturated carbocycles. The average molecular weight is 341 g/mol. The highest BCUT2D eigenvalue weighted by atomic mass is 16.2. The van der Waals surface area contributed by atoms with E-state index in [1.807, 2.05) is 4.90 Å². The minimum Gasteiger partial charge on any atom is -0.341 e. The molecular formula is C19H23N3O3. The molecule has 1 aromatic carbocycles. The number of benzene rings is 1. The van der Waals surface area contributed by atoms with Gasteiger partial charge in [-0.25, -0.2) is 4.79 Å². The maximum atomic E-state index is 12.8. The molecule has 6 nitrogen and oxygen atoms in total. The molecule has 1 aliphatic heterocycles. The normalized spacial score (nSPS) is 23.4. The quantitative estimate of drug-likeness (QED) is 0.904. The Morgan fingerprint density at radius 3 is 2.68 bits per heavy atom. The Labute approximate surface area is 145 Å². The van der Waals surface area contributed by atoms with E-state index in [4.69, 9.17) is 0 Å². The summed E-state index contributed by atoms with van der Waals surface area (Å²) in [5.41, 5.74) is -0.422. The number of hydrogen-bond acceptors (Lipinski definition) is 3. The number of nitrogens with zero attached hydrogens (tertiary/aromatic N) is 2. The topological polar surface area (TPSA) is 75.2 Å². The van der Waals surface area contributed by atoms with Gasteiger partial charge in [0.25, 0.3) is 5.56 Å². The molecule has 25 heavy (non-hydrogen) atoms. The smallest absolute Gasteiger partial charge is 0.329 e. The molecule has 1 amide bonds. The van der Waals surface area contributed by atoms with Crippen molar-refractivity contribution in [3.63, 3.8) is 0 Å². The Morgan fingerprint density at radius 1 is 1.08 bits per heavy atom. The number of carbonyl (C=O) groups excluding carboxylic acids is 1. The fraction of sp³-hybridized carbons (Fsp3) is 0.526. The van der Waals surface area contributed by atoms with Gasteiger partial charge >= 0.3 is 5.69 Å². The monoisotopic (exact) mass is 341 g/mol. The van der Waals surface area contributed by atoms with E-state index in [1.165, 1.54) is 30.3 Å². The van der Waals surface area contributed by atoms with E-state index < -0.39 is 11.2 Å². The largest absolute Gasteiger partial charge is 0.341 e. The third-order valence-electron chi connectivity index (χ3n) is 5.84. The van der Waals surface area contributed by atoms with Crippen LogP contribution >= 0.6 is 0 Å². The van der Waals surface area contributed by atoms with Crippen LogP contribution in [0.1, 0.15) is 32.1 Å². The summed E-state index contributed by atoms with van der Waals surface area (Å²) in [6.07, 6.45) is 6.13. The summed E-state index contributed by atoms with van der Waals surface area (Å²) >= 11 is 0. The maximum absolute atomic E-state index is 12.8. The van der Waals surface area contributed by atoms with Gasteiger partial charge in [0.15, 0.2) is 0 Å². The summed E-state index contributed by atoms with van der Waals surface area (Å²) in [6, 6.07) is 6.91. The van der Waals surface area contributed by atoms with E-state index in [1.54, 1.807) is 24.3 Å². The van der Waals surface area contributed by atoms with Crippen molar-refractivity contribution >= 4 is 16.8 Å². The summed E-state index contributed by atoms with van der Waals surface area (Å²) in [5.74, 6) is 1.33. The molecule has 132 valence electrons. The highest BCUT2D eigenvalue weighted by molar-refractivity contribution is 5.81. The predicted molar refractivity (Wildman–Crippen MR) is 95.5 cm³/mol. The molecule has 2 fully saturated rings. The highest BCUT2D eigenvalue weighted by Gasteiger charge is 2.33. The second kappa shape index (κ2) is 6.50. The van der Waals surface area contributed by atoms with Crippen LogP contribution in [-0.2, 0) is 11.3 Å². The second-order valence-electron chi connectivity index (χ2n) is 7.30. The highest BCUT2D eigenvalue weighted by Crippen LogP contribution is 2.36. The molecule has 2 atom stereocenters. The lowest BCUT2D eigenvalue weighted by atomic mass is 9.75. The van der Waals surface area contributed by atoms with Crippen LogP contribution in [0.5, 0.6) is 0 Å². The van der Waals surface area contributed by atoms with E-state index in [2.05, 4.69) is 4.98 Å². The van der Waals surface area contributed by atoms with E-state index in [9.17, 15) is 14.4 Å². The fourth-order valence-electron chi connectivity index (χ4n) is 4.46. The molecule has 0 unspecified atom stereocenters. The van der Waals surface area contributed by atoms with Crippen molar-refractivity contribution in [2.24, 2.45) is 11.8 Å². The molecule has 2 aliphatic rings. The molecule has 2 aromatic rings. The summed E-state index contributed by atoms with van der Waals surface area (Å²) in [6.45, 7) is 1.56. The van der Waals surface area contributed by atoms with E-state index >= 15 is 0 Å². The Hall–Kier alpha value is -2.37. The minimum absolute atomic E-state index is 0.0203. The van der Waals surface area contributed by atoms with E-state index in [0.29, 0.717) is 16.8 Å². The van der Waals surface area contributed by atoms with Crippen molar-refractivity contribution in [2.45, 2.75) is 38.6 Å². The van der Waals surface area contributed by atoms with Gasteiger partial charge in [0.1, 0.15) is 6.54 Å². The van der Waals surface area contributed by atoms with Crippen molar-refractivity contribution in [2.75, 3.05) is 13.1 Å². The number of para-hydroxylation sites is 1. The van der Waals surface area contributed by atoms with Gasteiger partial charge in [-0.15, -0.1) is 0 Å². The van der Waals surface area contributed by atoms with Gasteiger partial charge < -0.3 is 4.90 Å². The molecule has 2 heterocycles. The van der Waals surface area contributed by atoms with Crippen molar-refractivity contribution < 1.29 is 4.79 Å². The zero-order valence-corrected chi connectivity index (χ0v) is 14.2. The molecular weight excluding hydrogens is 318 g/mol. The summed E-state index contributed by atoms with van der Waals surface area (Å²) in [4.78, 5) is 41.2. The standard InChI is InChI=1S/C19H23N3O3/c23-17(21-10-9-13-5-1-2-6-14(13)11-21)12-22-16-8-4-3-7-15(16)18(24)20-19(22)25/h3-4,7-8,13-14H,1-2,5-6,9-12H2,(H,20,24,25)/t13-,14-/m0/s1. The van der Waals surface area contributed by atoms with E-state index in [0.717, 1.165) is 25.4 Å². The number of piperidine rings is 1. The van der Waals surface area contributed by atoms with E-state index in [-0.39, 0.29) is 12.5 Å². The number of likely N-dealkylation sites (tertiary alicyclic amines) is 1. The Kier molecular flexibility index (Phi) is 4.19. The van der Waals surface area contributed by atoms with Gasteiger partial charge in [-0.3, -0.25) is 19.1 Å². The fourth-order valence-corrected chi connectivity index (χ4v) is 4.46. The number of H-pyrrole nitrogens is 1. The molecule has 1 N–H and O–H groups in total. The third kappa shape index (κ3) is 3.01. The van der Waals surface area contributed by atoms with Crippen LogP contribution in [0.2, 0.25) is 0 Å². The lowest BCUT2D eigenvalue weighted by Crippen LogP contribution is -2.47. The lowest BCUT2D eigenvalue weighted by Gasteiger charge is -2.41. The van der Waals surface area contributed by atoms with Gasteiger partial charge in [-0.05, 0) is 36.8 Å². The molecule has 1 aromatic heterocycles. The first kappa shape index (κ1) is 16.1. The number of hydrogen-bond donors (Lipinski definition) is 1. The number of amides is 1. The van der Waals surface area contributed by atoms with Crippen LogP contribution in [0.4, 0.5) is 0 Å². The third-order valence-corrected chi connectivity index (χ3v) is 5.84. The number of carbonyl (C=O) groups is 1. The minimum atomic E-state index is -0.524. The molecule has 1 saturated heterocycles. The second-order valence-corrected chi connectivity index (χ2v) is 7.30. The number of rotatable bonds is 2. The first-order chi connectivity index (χ1) is 12.1. The molecule has 4 rings (SSSR count). The van der Waals surface area contributed by atoms with Gasteiger partial charge in [0, 0.05) is 13.1 Å². The lowest BCUT2D eigenvalue weighted by molar-refractivity contribution is -0.134. The average Bonchev–Trinajstić information content (AvgIpc) is 2.64. The first-order valence-corrected chi connectivity index (χ1v) is 9.13. The van der Waals surface area contributed by atoms with Crippen LogP contribution in [0.3, 0.4) is 0 Å². The number of aromatic nitrogens is 2. The number of aromatic amines is 1. The van der Waals surface area contributed by atoms with Gasteiger partial charge in [-0.1, -0.05) is 31.4 Å². The zero-order valence-electron chi connectivity index (χ0n) is 14.2. The Morgan fingerprint density at radius 2 is 1.84 bits per heavy atom. The predicted octanol–water partition coefficient (Wildman–Crippen LogP) is 1.73. The van der Waals surface area contributed by atoms with Gasteiger partial charge in [0.05, 0.1) is 10.9 Å². The number of nitrogens with one attached hydrogen (secondary N) is 1. The molecule has 0 spiro atoms. The van der Waals surface area contributed by atoms with Gasteiger partial charge in [-0.2, -0.15) is 0 Å². The molecule has 0 bridgehead atoms. The zero-order chi connectivity index (χ0) is 17.4.